The van der Waals surface area contributed by atoms with Gasteiger partial charge in [-0.3, -0.25) is 9.59 Å². The van der Waals surface area contributed by atoms with Crippen molar-refractivity contribution < 1.29 is 9.59 Å². The lowest BCUT2D eigenvalue weighted by Crippen LogP contribution is -2.19. The van der Waals surface area contributed by atoms with Gasteiger partial charge in [0.1, 0.15) is 0 Å². The number of rotatable bonds is 5. The number of nitrogens with zero attached hydrogens (tertiary/aromatic N) is 1. The Balaban J connectivity index is 1.66. The minimum absolute atomic E-state index is 0.0686. The van der Waals surface area contributed by atoms with Crippen molar-refractivity contribution in [1.29, 1.82) is 0 Å². The monoisotopic (exact) mass is 321 g/mol. The van der Waals surface area contributed by atoms with Crippen molar-refractivity contribution >= 4 is 23.2 Å². The first kappa shape index (κ1) is 15.9. The summed E-state index contributed by atoms with van der Waals surface area (Å²) in [5, 5.41) is 7.05. The Kier molecular flexibility index (Phi) is 4.70. The molecule has 2 amide bonds. The number of hydrogen-bond donors (Lipinski definition) is 2. The second-order valence-corrected chi connectivity index (χ2v) is 5.85. The van der Waals surface area contributed by atoms with E-state index in [9.17, 15) is 9.59 Å². The molecule has 2 aromatic carbocycles. The zero-order valence-electron chi connectivity index (χ0n) is 13.5. The Morgan fingerprint density at radius 1 is 1.00 bits per heavy atom. The van der Waals surface area contributed by atoms with E-state index in [0.29, 0.717) is 11.3 Å². The van der Waals surface area contributed by atoms with Crippen LogP contribution < -0.4 is 10.7 Å². The first-order valence-corrected chi connectivity index (χ1v) is 7.94. The molecule has 0 radical (unpaired) electrons. The van der Waals surface area contributed by atoms with E-state index >= 15 is 0 Å². The largest absolute Gasteiger partial charge is 0.326 e. The van der Waals surface area contributed by atoms with E-state index in [2.05, 4.69) is 15.8 Å². The summed E-state index contributed by atoms with van der Waals surface area (Å²) in [5.74, 6) is -0.0270. The van der Waals surface area contributed by atoms with Crippen molar-refractivity contribution in [2.24, 2.45) is 11.0 Å². The molecule has 1 saturated carbocycles. The van der Waals surface area contributed by atoms with Crippen LogP contribution in [-0.4, -0.2) is 17.5 Å². The lowest BCUT2D eigenvalue weighted by molar-refractivity contribution is -0.117. The summed E-state index contributed by atoms with van der Waals surface area (Å²) in [6, 6.07) is 16.4. The molecule has 2 aromatic rings. The fourth-order valence-electron chi connectivity index (χ4n) is 2.27. The van der Waals surface area contributed by atoms with Crippen LogP contribution in [-0.2, 0) is 4.79 Å². The average Bonchev–Trinajstić information content (AvgIpc) is 3.45. The third-order valence-electron chi connectivity index (χ3n) is 3.86. The van der Waals surface area contributed by atoms with Gasteiger partial charge in [-0.25, -0.2) is 5.43 Å². The number of carbonyl (C=O) groups excluding carboxylic acids is 2. The number of nitrogens with one attached hydrogen (secondary N) is 2. The number of anilines is 1. The zero-order chi connectivity index (χ0) is 16.9. The maximum Gasteiger partial charge on any atom is 0.271 e. The molecule has 2 N–H and O–H groups in total. The van der Waals surface area contributed by atoms with Gasteiger partial charge in [0.05, 0.1) is 5.71 Å². The molecule has 5 nitrogen and oxygen atoms in total. The molecular weight excluding hydrogens is 302 g/mol. The number of benzene rings is 2. The maximum absolute atomic E-state index is 12.0. The summed E-state index contributed by atoms with van der Waals surface area (Å²) in [7, 11) is 0. The van der Waals surface area contributed by atoms with Gasteiger partial charge in [0.2, 0.25) is 5.91 Å². The highest BCUT2D eigenvalue weighted by Crippen LogP contribution is 2.30. The Morgan fingerprint density at radius 3 is 2.42 bits per heavy atom. The van der Waals surface area contributed by atoms with Gasteiger partial charge < -0.3 is 5.32 Å². The predicted octanol–water partition coefficient (Wildman–Crippen LogP) is 3.19. The van der Waals surface area contributed by atoms with Gasteiger partial charge in [0.15, 0.2) is 0 Å². The first-order chi connectivity index (χ1) is 11.6. The lowest BCUT2D eigenvalue weighted by atomic mass is 10.1. The molecule has 1 fully saturated rings. The van der Waals surface area contributed by atoms with E-state index in [-0.39, 0.29) is 17.7 Å². The minimum atomic E-state index is -0.256. The molecular formula is C19H19N3O2. The standard InChI is InChI=1S/C19H19N3O2/c1-13(21-22-19(24)14-6-3-2-4-7-14)16-8-5-9-17(12-16)20-18(23)15-10-11-15/h2-9,12,15H,10-11H2,1H3,(H,20,23)(H,22,24). The van der Waals surface area contributed by atoms with Gasteiger partial charge in [0.25, 0.3) is 5.91 Å². The fourth-order valence-corrected chi connectivity index (χ4v) is 2.27. The average molecular weight is 321 g/mol. The second-order valence-electron chi connectivity index (χ2n) is 5.85. The maximum atomic E-state index is 12.0. The Bertz CT molecular complexity index is 780. The van der Waals surface area contributed by atoms with Gasteiger partial charge >= 0.3 is 0 Å². The van der Waals surface area contributed by atoms with Crippen molar-refractivity contribution in [2.75, 3.05) is 5.32 Å². The molecule has 0 aliphatic heterocycles. The Morgan fingerprint density at radius 2 is 1.71 bits per heavy atom. The molecule has 0 atom stereocenters. The van der Waals surface area contributed by atoms with Crippen molar-refractivity contribution in [3.8, 4) is 0 Å². The van der Waals surface area contributed by atoms with Crippen LogP contribution in [0.15, 0.2) is 59.7 Å². The normalized spacial score (nSPS) is 14.1. The van der Waals surface area contributed by atoms with Gasteiger partial charge in [-0.1, -0.05) is 30.3 Å². The van der Waals surface area contributed by atoms with Crippen LogP contribution in [0.2, 0.25) is 0 Å². The molecule has 0 heterocycles. The second kappa shape index (κ2) is 7.08. The van der Waals surface area contributed by atoms with Crippen molar-refractivity contribution in [1.82, 2.24) is 5.43 Å². The molecule has 24 heavy (non-hydrogen) atoms. The van der Waals surface area contributed by atoms with Gasteiger partial charge in [-0.05, 0) is 49.6 Å². The van der Waals surface area contributed by atoms with Crippen LogP contribution in [0.1, 0.15) is 35.7 Å². The number of hydrazone groups is 1. The van der Waals surface area contributed by atoms with E-state index in [1.54, 1.807) is 24.3 Å². The molecule has 1 aliphatic carbocycles. The van der Waals surface area contributed by atoms with Crippen molar-refractivity contribution in [3.63, 3.8) is 0 Å². The van der Waals surface area contributed by atoms with Gasteiger partial charge in [-0.2, -0.15) is 5.10 Å². The number of carbonyl (C=O) groups is 2. The van der Waals surface area contributed by atoms with Crippen molar-refractivity contribution in [2.45, 2.75) is 19.8 Å². The SMILES string of the molecule is CC(=NNC(=O)c1ccccc1)c1cccc(NC(=O)C2CC2)c1. The highest BCUT2D eigenvalue weighted by atomic mass is 16.2. The van der Waals surface area contributed by atoms with Crippen LogP contribution in [0.25, 0.3) is 0 Å². The van der Waals surface area contributed by atoms with E-state index in [0.717, 1.165) is 24.1 Å². The van der Waals surface area contributed by atoms with Crippen LogP contribution >= 0.6 is 0 Å². The van der Waals surface area contributed by atoms with Crippen LogP contribution in [0, 0.1) is 5.92 Å². The third kappa shape index (κ3) is 4.07. The molecule has 0 aromatic heterocycles. The van der Waals surface area contributed by atoms with E-state index in [4.69, 9.17) is 0 Å². The van der Waals surface area contributed by atoms with E-state index < -0.39 is 0 Å². The number of amides is 2. The fraction of sp³-hybridized carbons (Fsp3) is 0.211. The summed E-state index contributed by atoms with van der Waals surface area (Å²) in [5.41, 5.74) is 5.36. The van der Waals surface area contributed by atoms with Crippen LogP contribution in [0.3, 0.4) is 0 Å². The minimum Gasteiger partial charge on any atom is -0.326 e. The summed E-state index contributed by atoms with van der Waals surface area (Å²) < 4.78 is 0. The number of hydrogen-bond acceptors (Lipinski definition) is 3. The van der Waals surface area contributed by atoms with Crippen molar-refractivity contribution in [3.05, 3.63) is 65.7 Å². The van der Waals surface area contributed by atoms with Crippen LogP contribution in [0.5, 0.6) is 0 Å². The molecule has 0 saturated heterocycles. The quantitative estimate of drug-likeness (QED) is 0.656. The molecule has 122 valence electrons. The van der Waals surface area contributed by atoms with E-state index in [1.165, 1.54) is 0 Å². The Labute approximate surface area is 140 Å². The van der Waals surface area contributed by atoms with Gasteiger partial charge in [-0.15, -0.1) is 0 Å². The molecule has 0 spiro atoms. The predicted molar refractivity (Wildman–Crippen MR) is 93.9 cm³/mol. The zero-order valence-corrected chi connectivity index (χ0v) is 13.5. The molecule has 0 bridgehead atoms. The van der Waals surface area contributed by atoms with Crippen LogP contribution in [0.4, 0.5) is 5.69 Å². The summed E-state index contributed by atoms with van der Waals surface area (Å²) in [6.07, 6.45) is 1.94. The Hall–Kier alpha value is -2.95. The highest BCUT2D eigenvalue weighted by Gasteiger charge is 2.29. The van der Waals surface area contributed by atoms with Gasteiger partial charge in [0, 0.05) is 17.2 Å². The molecule has 3 rings (SSSR count). The van der Waals surface area contributed by atoms with E-state index in [1.807, 2.05) is 37.3 Å². The first-order valence-electron chi connectivity index (χ1n) is 7.94. The molecule has 1 aliphatic rings. The lowest BCUT2D eigenvalue weighted by Gasteiger charge is -2.07. The third-order valence-corrected chi connectivity index (χ3v) is 3.86. The summed E-state index contributed by atoms with van der Waals surface area (Å²) in [4.78, 5) is 23.8. The highest BCUT2D eigenvalue weighted by molar-refractivity contribution is 6.02. The molecule has 0 unspecified atom stereocenters. The summed E-state index contributed by atoms with van der Waals surface area (Å²) in [6.45, 7) is 1.81. The summed E-state index contributed by atoms with van der Waals surface area (Å²) >= 11 is 0. The smallest absolute Gasteiger partial charge is 0.271 e. The topological polar surface area (TPSA) is 70.6 Å². The molecule has 5 heteroatoms.